The summed E-state index contributed by atoms with van der Waals surface area (Å²) in [5, 5.41) is 0.618. The number of rotatable bonds is 6. The number of carbonyl (C=O) groups is 2. The Morgan fingerprint density at radius 3 is 2.56 bits per heavy atom. The van der Waals surface area contributed by atoms with Crippen molar-refractivity contribution in [2.45, 2.75) is 46.1 Å². The molecule has 0 bridgehead atoms. The first-order valence-corrected chi connectivity index (χ1v) is 11.8. The van der Waals surface area contributed by atoms with Gasteiger partial charge in [0.25, 0.3) is 0 Å². The van der Waals surface area contributed by atoms with Crippen LogP contribution in [0.1, 0.15) is 50.4 Å². The Hall–Kier alpha value is -3.28. The molecule has 0 radical (unpaired) electrons. The summed E-state index contributed by atoms with van der Waals surface area (Å²) in [5.74, 6) is -0.274. The molecule has 178 valence electrons. The minimum absolute atomic E-state index is 0.151. The van der Waals surface area contributed by atoms with Gasteiger partial charge in [0.05, 0.1) is 16.8 Å². The van der Waals surface area contributed by atoms with Crippen LogP contribution in [0, 0.1) is 23.6 Å². The molecule has 1 aromatic heterocycles. The number of hydrogen-bond donors (Lipinski definition) is 0. The predicted molar refractivity (Wildman–Crippen MR) is 129 cm³/mol. The third-order valence-electron chi connectivity index (χ3n) is 6.64. The van der Waals surface area contributed by atoms with Crippen molar-refractivity contribution in [3.05, 3.63) is 66.0 Å². The molecule has 2 aromatic carbocycles. The van der Waals surface area contributed by atoms with Crippen molar-refractivity contribution in [2.24, 2.45) is 17.8 Å². The number of esters is 2. The Bertz CT molecular complexity index is 1170. The zero-order valence-electron chi connectivity index (χ0n) is 19.8. The Morgan fingerprint density at radius 2 is 1.82 bits per heavy atom. The third kappa shape index (κ3) is 5.44. The van der Waals surface area contributed by atoms with Crippen LogP contribution >= 0.6 is 0 Å². The Kier molecular flexibility index (Phi) is 7.25. The first-order chi connectivity index (χ1) is 16.3. The maximum absolute atomic E-state index is 13.4. The molecule has 1 aliphatic rings. The van der Waals surface area contributed by atoms with Gasteiger partial charge in [-0.1, -0.05) is 45.4 Å². The normalized spacial score (nSPS) is 20.3. The van der Waals surface area contributed by atoms with Crippen LogP contribution in [0.15, 0.2) is 54.6 Å². The summed E-state index contributed by atoms with van der Waals surface area (Å²) >= 11 is 0. The monoisotopic (exact) mass is 463 g/mol. The van der Waals surface area contributed by atoms with Gasteiger partial charge in [-0.2, -0.15) is 0 Å². The fourth-order valence-electron chi connectivity index (χ4n) is 4.77. The molecule has 0 spiro atoms. The van der Waals surface area contributed by atoms with Crippen LogP contribution in [0.25, 0.3) is 22.2 Å². The lowest BCUT2D eigenvalue weighted by Gasteiger charge is -2.36. The first-order valence-electron chi connectivity index (χ1n) is 11.8. The minimum Gasteiger partial charge on any atom is -0.460 e. The van der Waals surface area contributed by atoms with Gasteiger partial charge in [-0.05, 0) is 67.0 Å². The molecule has 1 heterocycles. The number of halogens is 1. The summed E-state index contributed by atoms with van der Waals surface area (Å²) in [7, 11) is 0. The van der Waals surface area contributed by atoms with Crippen LogP contribution in [-0.2, 0) is 14.3 Å². The van der Waals surface area contributed by atoms with Gasteiger partial charge in [0.1, 0.15) is 11.9 Å². The largest absolute Gasteiger partial charge is 0.460 e. The van der Waals surface area contributed by atoms with Crippen molar-refractivity contribution in [1.29, 1.82) is 0 Å². The van der Waals surface area contributed by atoms with Crippen molar-refractivity contribution >= 4 is 22.8 Å². The summed E-state index contributed by atoms with van der Waals surface area (Å²) < 4.78 is 24.5. The number of carbonyl (C=O) groups excluding carboxylic acids is 2. The molecule has 34 heavy (non-hydrogen) atoms. The van der Waals surface area contributed by atoms with E-state index in [2.05, 4.69) is 25.8 Å². The topological polar surface area (TPSA) is 65.5 Å². The average molecular weight is 464 g/mol. The molecule has 1 fully saturated rings. The van der Waals surface area contributed by atoms with Gasteiger partial charge >= 0.3 is 11.9 Å². The Balaban J connectivity index is 1.50. The number of hydrogen-bond acceptors (Lipinski definition) is 5. The van der Waals surface area contributed by atoms with Crippen molar-refractivity contribution in [3.63, 3.8) is 0 Å². The summed E-state index contributed by atoms with van der Waals surface area (Å²) in [4.78, 5) is 30.2. The van der Waals surface area contributed by atoms with Gasteiger partial charge in [-0.3, -0.25) is 0 Å². The van der Waals surface area contributed by atoms with E-state index < -0.39 is 18.5 Å². The number of benzene rings is 2. The molecule has 6 heteroatoms. The van der Waals surface area contributed by atoms with Crippen molar-refractivity contribution in [3.8, 4) is 11.3 Å². The lowest BCUT2D eigenvalue weighted by atomic mass is 9.75. The smallest absolute Gasteiger partial charge is 0.344 e. The zero-order chi connectivity index (χ0) is 24.2. The second-order valence-electron chi connectivity index (χ2n) is 9.51. The minimum atomic E-state index is -0.628. The van der Waals surface area contributed by atoms with E-state index in [1.165, 1.54) is 12.1 Å². The van der Waals surface area contributed by atoms with Gasteiger partial charge in [0.2, 0.25) is 0 Å². The molecule has 3 atom stereocenters. The maximum Gasteiger partial charge on any atom is 0.344 e. The molecule has 3 unspecified atom stereocenters. The lowest BCUT2D eigenvalue weighted by molar-refractivity contribution is -0.159. The molecule has 5 nitrogen and oxygen atoms in total. The van der Waals surface area contributed by atoms with Gasteiger partial charge in [-0.25, -0.2) is 19.0 Å². The lowest BCUT2D eigenvalue weighted by Crippen LogP contribution is -2.36. The van der Waals surface area contributed by atoms with Crippen molar-refractivity contribution < 1.29 is 23.5 Å². The third-order valence-corrected chi connectivity index (χ3v) is 6.64. The number of pyridine rings is 1. The van der Waals surface area contributed by atoms with E-state index in [1.54, 1.807) is 30.3 Å². The van der Waals surface area contributed by atoms with Crippen LogP contribution in [0.5, 0.6) is 0 Å². The fraction of sp³-hybridized carbons (Fsp3) is 0.393. The van der Waals surface area contributed by atoms with Crippen LogP contribution < -0.4 is 0 Å². The van der Waals surface area contributed by atoms with Crippen LogP contribution in [-0.4, -0.2) is 29.6 Å². The molecule has 0 aliphatic heterocycles. The number of para-hydroxylation sites is 1. The van der Waals surface area contributed by atoms with Crippen molar-refractivity contribution in [2.75, 3.05) is 6.61 Å². The highest BCUT2D eigenvalue weighted by Crippen LogP contribution is 2.35. The molecule has 1 saturated carbocycles. The molecule has 4 rings (SSSR count). The SMILES string of the molecule is CC1CCC(C(C)C)C(OC(=O)COC(=O)c2cc(-c3ccc(F)cc3)nc3ccccc23)C1. The molecular weight excluding hydrogens is 433 g/mol. The van der Waals surface area contributed by atoms with E-state index in [9.17, 15) is 14.0 Å². The molecule has 0 amide bonds. The zero-order valence-corrected chi connectivity index (χ0v) is 19.8. The van der Waals surface area contributed by atoms with Gasteiger partial charge in [-0.15, -0.1) is 0 Å². The number of ether oxygens (including phenoxy) is 2. The Morgan fingerprint density at radius 1 is 1.09 bits per heavy atom. The van der Waals surface area contributed by atoms with Crippen LogP contribution in [0.4, 0.5) is 4.39 Å². The summed E-state index contributed by atoms with van der Waals surface area (Å²) in [6.45, 7) is 6.02. The summed E-state index contributed by atoms with van der Waals surface area (Å²) in [6, 6.07) is 14.7. The number of aromatic nitrogens is 1. The molecule has 0 N–H and O–H groups in total. The first kappa shape index (κ1) is 23.9. The standard InChI is InChI=1S/C28H30FNO4/c1-17(2)21-13-8-18(3)14-26(21)34-27(31)16-33-28(32)23-15-25(19-9-11-20(29)12-10-19)30-24-7-5-4-6-22(23)24/h4-7,9-12,15,17-18,21,26H,8,13-14,16H2,1-3H3. The van der Waals surface area contributed by atoms with Crippen LogP contribution in [0.3, 0.4) is 0 Å². The van der Waals surface area contributed by atoms with Gasteiger partial charge in [0.15, 0.2) is 6.61 Å². The highest BCUT2D eigenvalue weighted by Gasteiger charge is 2.33. The predicted octanol–water partition coefficient (Wildman–Crippen LogP) is 6.20. The van der Waals surface area contributed by atoms with Gasteiger partial charge in [0, 0.05) is 10.9 Å². The van der Waals surface area contributed by atoms with E-state index >= 15 is 0 Å². The molecule has 0 saturated heterocycles. The molecular formula is C28H30FNO4. The van der Waals surface area contributed by atoms with E-state index in [4.69, 9.17) is 9.47 Å². The van der Waals surface area contributed by atoms with E-state index in [-0.39, 0.29) is 11.9 Å². The van der Waals surface area contributed by atoms with E-state index in [1.807, 2.05) is 12.1 Å². The quantitative estimate of drug-likeness (QED) is 0.407. The van der Waals surface area contributed by atoms with Crippen LogP contribution in [0.2, 0.25) is 0 Å². The highest BCUT2D eigenvalue weighted by molar-refractivity contribution is 6.05. The average Bonchev–Trinajstić information content (AvgIpc) is 2.82. The highest BCUT2D eigenvalue weighted by atomic mass is 19.1. The summed E-state index contributed by atoms with van der Waals surface area (Å²) in [5.41, 5.74) is 2.09. The van der Waals surface area contributed by atoms with Crippen molar-refractivity contribution in [1.82, 2.24) is 4.98 Å². The Labute approximate surface area is 199 Å². The van der Waals surface area contributed by atoms with E-state index in [0.29, 0.717) is 45.5 Å². The second-order valence-corrected chi connectivity index (χ2v) is 9.51. The van der Waals surface area contributed by atoms with Gasteiger partial charge < -0.3 is 9.47 Å². The van der Waals surface area contributed by atoms with E-state index in [0.717, 1.165) is 19.3 Å². The molecule has 3 aromatic rings. The summed E-state index contributed by atoms with van der Waals surface area (Å²) in [6.07, 6.45) is 2.85. The fourth-order valence-corrected chi connectivity index (χ4v) is 4.77. The maximum atomic E-state index is 13.4. The molecule has 1 aliphatic carbocycles. The second kappa shape index (κ2) is 10.3. The number of nitrogens with zero attached hydrogens (tertiary/aromatic N) is 1. The number of fused-ring (bicyclic) bond motifs is 1.